The van der Waals surface area contributed by atoms with Gasteiger partial charge in [-0.3, -0.25) is 0 Å². The molecule has 0 saturated carbocycles. The van der Waals surface area contributed by atoms with Crippen LogP contribution in [0.1, 0.15) is 19.4 Å². The normalized spacial score (nSPS) is 10.5. The van der Waals surface area contributed by atoms with E-state index in [1.807, 2.05) is 24.3 Å². The lowest BCUT2D eigenvalue weighted by Gasteiger charge is -2.18. The summed E-state index contributed by atoms with van der Waals surface area (Å²) in [6.07, 6.45) is 2.77. The molecule has 0 atom stereocenters. The van der Waals surface area contributed by atoms with Crippen LogP contribution < -0.4 is 4.74 Å². The first-order valence-corrected chi connectivity index (χ1v) is 6.35. The van der Waals surface area contributed by atoms with E-state index in [1.54, 1.807) is 0 Å². The summed E-state index contributed by atoms with van der Waals surface area (Å²) in [5.74, 6) is 0.986. The van der Waals surface area contributed by atoms with Gasteiger partial charge in [-0.05, 0) is 31.1 Å². The number of hydrogen-bond donors (Lipinski definition) is 0. The summed E-state index contributed by atoms with van der Waals surface area (Å²) in [5.41, 5.74) is 1.21. The molecule has 0 amide bonds. The number of hydrogen-bond acceptors (Lipinski definition) is 2. The van der Waals surface area contributed by atoms with Crippen molar-refractivity contribution in [2.75, 3.05) is 26.2 Å². The van der Waals surface area contributed by atoms with E-state index < -0.39 is 0 Å². The Hall–Kier alpha value is -1.28. The second kappa shape index (κ2) is 7.91. The summed E-state index contributed by atoms with van der Waals surface area (Å²) in [6.45, 7) is 12.0. The minimum absolute atomic E-state index is 0.746. The maximum atomic E-state index is 5.83. The standard InChI is InChI=1S/C15H23NO/c1-4-9-14-10-7-8-11-15(14)17-13-12-16(5-2)6-3/h4,7-8,10-11H,1,5-6,9,12-13H2,2-3H3. The van der Waals surface area contributed by atoms with Gasteiger partial charge in [-0.1, -0.05) is 38.1 Å². The lowest BCUT2D eigenvalue weighted by atomic mass is 10.1. The highest BCUT2D eigenvalue weighted by Gasteiger charge is 2.02. The van der Waals surface area contributed by atoms with Crippen molar-refractivity contribution in [2.24, 2.45) is 0 Å². The van der Waals surface area contributed by atoms with Crippen LogP contribution in [0.3, 0.4) is 0 Å². The molecule has 0 spiro atoms. The lowest BCUT2D eigenvalue weighted by Crippen LogP contribution is -2.28. The maximum absolute atomic E-state index is 5.83. The van der Waals surface area contributed by atoms with Gasteiger partial charge in [0.2, 0.25) is 0 Å². The van der Waals surface area contributed by atoms with E-state index in [4.69, 9.17) is 4.74 Å². The molecule has 0 heterocycles. The summed E-state index contributed by atoms with van der Waals surface area (Å²) < 4.78 is 5.83. The van der Waals surface area contributed by atoms with Crippen molar-refractivity contribution in [3.8, 4) is 5.75 Å². The summed E-state index contributed by atoms with van der Waals surface area (Å²) in [4.78, 5) is 2.36. The maximum Gasteiger partial charge on any atom is 0.122 e. The van der Waals surface area contributed by atoms with Crippen LogP contribution in [0.25, 0.3) is 0 Å². The highest BCUT2D eigenvalue weighted by molar-refractivity contribution is 5.34. The van der Waals surface area contributed by atoms with E-state index in [1.165, 1.54) is 5.56 Å². The summed E-state index contributed by atoms with van der Waals surface area (Å²) >= 11 is 0. The first-order valence-electron chi connectivity index (χ1n) is 6.35. The molecule has 0 bridgehead atoms. The van der Waals surface area contributed by atoms with Crippen LogP contribution >= 0.6 is 0 Å². The second-order valence-electron chi connectivity index (χ2n) is 3.98. The molecule has 0 aliphatic carbocycles. The SMILES string of the molecule is C=CCc1ccccc1OCCN(CC)CC. The van der Waals surface area contributed by atoms with Crippen molar-refractivity contribution in [1.29, 1.82) is 0 Å². The van der Waals surface area contributed by atoms with Crippen LogP contribution in [-0.2, 0) is 6.42 Å². The van der Waals surface area contributed by atoms with E-state index in [9.17, 15) is 0 Å². The van der Waals surface area contributed by atoms with Gasteiger partial charge in [-0.25, -0.2) is 0 Å². The molecule has 1 rings (SSSR count). The Bertz CT molecular complexity index is 331. The molecule has 0 aromatic heterocycles. The van der Waals surface area contributed by atoms with Gasteiger partial charge in [-0.2, -0.15) is 0 Å². The van der Waals surface area contributed by atoms with E-state index >= 15 is 0 Å². The Morgan fingerprint density at radius 2 is 1.94 bits per heavy atom. The predicted octanol–water partition coefficient (Wildman–Crippen LogP) is 3.14. The molecule has 1 aromatic carbocycles. The fraction of sp³-hybridized carbons (Fsp3) is 0.467. The first-order chi connectivity index (χ1) is 8.31. The Morgan fingerprint density at radius 1 is 1.24 bits per heavy atom. The van der Waals surface area contributed by atoms with Crippen LogP contribution in [-0.4, -0.2) is 31.1 Å². The number of para-hydroxylation sites is 1. The largest absolute Gasteiger partial charge is 0.492 e. The Balaban J connectivity index is 2.48. The minimum Gasteiger partial charge on any atom is -0.492 e. The van der Waals surface area contributed by atoms with Crippen LogP contribution in [0.5, 0.6) is 5.75 Å². The second-order valence-corrected chi connectivity index (χ2v) is 3.98. The number of nitrogens with zero attached hydrogens (tertiary/aromatic N) is 1. The third-order valence-electron chi connectivity index (χ3n) is 2.90. The van der Waals surface area contributed by atoms with Gasteiger partial charge in [0.25, 0.3) is 0 Å². The van der Waals surface area contributed by atoms with Gasteiger partial charge >= 0.3 is 0 Å². The number of allylic oxidation sites excluding steroid dienone is 1. The minimum atomic E-state index is 0.746. The third kappa shape index (κ3) is 4.61. The van der Waals surface area contributed by atoms with Crippen molar-refractivity contribution in [1.82, 2.24) is 4.90 Å². The fourth-order valence-corrected chi connectivity index (χ4v) is 1.79. The van der Waals surface area contributed by atoms with Gasteiger partial charge in [0.05, 0.1) is 0 Å². The van der Waals surface area contributed by atoms with Crippen molar-refractivity contribution < 1.29 is 4.74 Å². The van der Waals surface area contributed by atoms with E-state index in [2.05, 4.69) is 31.4 Å². The summed E-state index contributed by atoms with van der Waals surface area (Å²) in [6, 6.07) is 8.17. The van der Waals surface area contributed by atoms with Crippen molar-refractivity contribution in [2.45, 2.75) is 20.3 Å². The molecular weight excluding hydrogens is 210 g/mol. The summed E-state index contributed by atoms with van der Waals surface area (Å²) in [7, 11) is 0. The number of rotatable bonds is 8. The van der Waals surface area contributed by atoms with Crippen molar-refractivity contribution in [3.63, 3.8) is 0 Å². The zero-order valence-electron chi connectivity index (χ0n) is 11.0. The number of likely N-dealkylation sites (N-methyl/N-ethyl adjacent to an activating group) is 1. The smallest absolute Gasteiger partial charge is 0.122 e. The number of ether oxygens (including phenoxy) is 1. The highest BCUT2D eigenvalue weighted by Crippen LogP contribution is 2.18. The van der Waals surface area contributed by atoms with Gasteiger partial charge in [0, 0.05) is 6.54 Å². The highest BCUT2D eigenvalue weighted by atomic mass is 16.5. The predicted molar refractivity (Wildman–Crippen MR) is 73.6 cm³/mol. The van der Waals surface area contributed by atoms with Crippen LogP contribution in [0, 0.1) is 0 Å². The van der Waals surface area contributed by atoms with Crippen LogP contribution in [0.4, 0.5) is 0 Å². The van der Waals surface area contributed by atoms with E-state index in [0.29, 0.717) is 0 Å². The molecule has 1 aromatic rings. The molecule has 94 valence electrons. The Morgan fingerprint density at radius 3 is 2.59 bits per heavy atom. The molecule has 2 nitrogen and oxygen atoms in total. The molecular formula is C15H23NO. The molecule has 0 saturated heterocycles. The monoisotopic (exact) mass is 233 g/mol. The van der Waals surface area contributed by atoms with Crippen molar-refractivity contribution in [3.05, 3.63) is 42.5 Å². The van der Waals surface area contributed by atoms with Gasteiger partial charge in [0.15, 0.2) is 0 Å². The fourth-order valence-electron chi connectivity index (χ4n) is 1.79. The molecule has 17 heavy (non-hydrogen) atoms. The molecule has 2 heteroatoms. The van der Waals surface area contributed by atoms with Crippen molar-refractivity contribution >= 4 is 0 Å². The molecule has 0 unspecified atom stereocenters. The average molecular weight is 233 g/mol. The quantitative estimate of drug-likeness (QED) is 0.640. The van der Waals surface area contributed by atoms with E-state index in [-0.39, 0.29) is 0 Å². The third-order valence-corrected chi connectivity index (χ3v) is 2.90. The lowest BCUT2D eigenvalue weighted by molar-refractivity contribution is 0.222. The topological polar surface area (TPSA) is 12.5 Å². The molecule has 0 N–H and O–H groups in total. The van der Waals surface area contributed by atoms with Gasteiger partial charge in [0.1, 0.15) is 12.4 Å². The number of benzene rings is 1. The van der Waals surface area contributed by atoms with E-state index in [0.717, 1.165) is 38.4 Å². The Labute approximate surface area is 105 Å². The zero-order chi connectivity index (χ0) is 12.5. The zero-order valence-corrected chi connectivity index (χ0v) is 11.0. The molecule has 0 radical (unpaired) electrons. The molecule has 0 aliphatic heterocycles. The Kier molecular flexibility index (Phi) is 6.41. The van der Waals surface area contributed by atoms with Gasteiger partial charge in [-0.15, -0.1) is 6.58 Å². The van der Waals surface area contributed by atoms with Crippen LogP contribution in [0.2, 0.25) is 0 Å². The molecule has 0 aliphatic rings. The van der Waals surface area contributed by atoms with Crippen LogP contribution in [0.15, 0.2) is 36.9 Å². The average Bonchev–Trinajstić information content (AvgIpc) is 2.37. The molecule has 0 fully saturated rings. The summed E-state index contributed by atoms with van der Waals surface area (Å²) in [5, 5.41) is 0. The van der Waals surface area contributed by atoms with Gasteiger partial charge < -0.3 is 9.64 Å². The first kappa shape index (κ1) is 13.8.